The van der Waals surface area contributed by atoms with Crippen LogP contribution in [0.25, 0.3) is 0 Å². The molecule has 0 amide bonds. The Morgan fingerprint density at radius 2 is 2.15 bits per heavy atom. The van der Waals surface area contributed by atoms with Gasteiger partial charge in [0.25, 0.3) is 4.80 Å². The van der Waals surface area contributed by atoms with Crippen molar-refractivity contribution in [3.63, 3.8) is 0 Å². The topological polar surface area (TPSA) is 29.3 Å². The average Bonchev–Trinajstić information content (AvgIpc) is 2.53. The van der Waals surface area contributed by atoms with Gasteiger partial charge < -0.3 is 4.42 Å². The molecule has 2 heterocycles. The molecule has 2 rings (SSSR count). The molecule has 1 aliphatic heterocycles. The van der Waals surface area contributed by atoms with Crippen LogP contribution in [0.2, 0.25) is 0 Å². The van der Waals surface area contributed by atoms with Gasteiger partial charge in [0.15, 0.2) is 0 Å². The minimum Gasteiger partial charge on any atom is -0.439 e. The Bertz CT molecular complexity index is 268. The molecule has 1 aromatic heterocycles. The molecule has 1 saturated heterocycles. The Labute approximate surface area is 86.3 Å². The number of likely N-dealkylation sites (tertiary alicyclic amines) is 1. The van der Waals surface area contributed by atoms with Gasteiger partial charge in [0.2, 0.25) is 0 Å². The van der Waals surface area contributed by atoms with E-state index in [-0.39, 0.29) is 0 Å². The van der Waals surface area contributed by atoms with Crippen molar-refractivity contribution in [2.24, 2.45) is 0 Å². The Kier molecular flexibility index (Phi) is 3.01. The molecule has 3 nitrogen and oxygen atoms in total. The molecule has 1 fully saturated rings. The second-order valence-electron chi connectivity index (χ2n) is 3.43. The fourth-order valence-corrected chi connectivity index (χ4v) is 2.02. The van der Waals surface area contributed by atoms with Gasteiger partial charge in [-0.15, -0.1) is 0 Å². The largest absolute Gasteiger partial charge is 0.439 e. The monoisotopic (exact) mass is 244 g/mol. The third-order valence-corrected chi connectivity index (χ3v) is 2.72. The van der Waals surface area contributed by atoms with E-state index in [1.807, 2.05) is 0 Å². The van der Waals surface area contributed by atoms with Crippen LogP contribution in [0.1, 0.15) is 25.0 Å². The summed E-state index contributed by atoms with van der Waals surface area (Å²) in [5.41, 5.74) is 1.02. The summed E-state index contributed by atoms with van der Waals surface area (Å²) in [6, 6.07) is 0. The van der Waals surface area contributed by atoms with Crippen LogP contribution in [0.4, 0.5) is 0 Å². The van der Waals surface area contributed by atoms with Crippen molar-refractivity contribution < 1.29 is 4.42 Å². The van der Waals surface area contributed by atoms with Crippen LogP contribution in [-0.4, -0.2) is 23.0 Å². The average molecular weight is 245 g/mol. The number of aromatic nitrogens is 1. The Hall–Kier alpha value is -0.350. The number of oxazole rings is 1. The molecule has 0 bridgehead atoms. The Morgan fingerprint density at radius 3 is 2.77 bits per heavy atom. The molecular weight excluding hydrogens is 232 g/mol. The van der Waals surface area contributed by atoms with Gasteiger partial charge in [-0.3, -0.25) is 4.90 Å². The molecule has 0 spiro atoms. The van der Waals surface area contributed by atoms with Crippen LogP contribution in [0.5, 0.6) is 0 Å². The van der Waals surface area contributed by atoms with Gasteiger partial charge in [0.1, 0.15) is 6.26 Å². The van der Waals surface area contributed by atoms with Crippen LogP contribution in [0.15, 0.2) is 15.5 Å². The van der Waals surface area contributed by atoms with Crippen LogP contribution < -0.4 is 0 Å². The second-order valence-corrected chi connectivity index (χ2v) is 4.11. The van der Waals surface area contributed by atoms with Crippen molar-refractivity contribution in [3.8, 4) is 0 Å². The Morgan fingerprint density at radius 1 is 1.38 bits per heavy atom. The van der Waals surface area contributed by atoms with Gasteiger partial charge in [-0.25, -0.2) is 4.98 Å². The first kappa shape index (κ1) is 9.21. The fraction of sp³-hybridized carbons (Fsp3) is 0.667. The summed E-state index contributed by atoms with van der Waals surface area (Å²) in [5, 5.41) is 0. The molecule has 4 heteroatoms. The van der Waals surface area contributed by atoms with E-state index < -0.39 is 0 Å². The summed E-state index contributed by atoms with van der Waals surface area (Å²) in [6.07, 6.45) is 5.73. The van der Waals surface area contributed by atoms with Crippen molar-refractivity contribution in [2.75, 3.05) is 13.1 Å². The SMILES string of the molecule is Brc1nc(CN2CCCCC2)co1. The van der Waals surface area contributed by atoms with Gasteiger partial charge in [-0.2, -0.15) is 0 Å². The van der Waals surface area contributed by atoms with E-state index >= 15 is 0 Å². The van der Waals surface area contributed by atoms with Gasteiger partial charge in [-0.1, -0.05) is 6.42 Å². The maximum absolute atomic E-state index is 5.08. The van der Waals surface area contributed by atoms with E-state index in [2.05, 4.69) is 25.8 Å². The summed E-state index contributed by atoms with van der Waals surface area (Å²) in [5.74, 6) is 0. The zero-order valence-corrected chi connectivity index (χ0v) is 9.09. The maximum Gasteiger partial charge on any atom is 0.264 e. The normalized spacial score (nSPS) is 19.2. The third-order valence-electron chi connectivity index (χ3n) is 2.36. The molecule has 0 radical (unpaired) electrons. The highest BCUT2D eigenvalue weighted by atomic mass is 79.9. The first-order valence-electron chi connectivity index (χ1n) is 4.67. The van der Waals surface area contributed by atoms with Crippen molar-refractivity contribution in [2.45, 2.75) is 25.8 Å². The van der Waals surface area contributed by atoms with Crippen molar-refractivity contribution >= 4 is 15.9 Å². The maximum atomic E-state index is 5.08. The standard InChI is InChI=1S/C9H13BrN2O/c10-9-11-8(7-13-9)6-12-4-2-1-3-5-12/h7H,1-6H2. The minimum atomic E-state index is 0.583. The van der Waals surface area contributed by atoms with Crippen molar-refractivity contribution in [1.29, 1.82) is 0 Å². The first-order valence-corrected chi connectivity index (χ1v) is 5.46. The zero-order chi connectivity index (χ0) is 9.10. The molecule has 0 aliphatic carbocycles. The highest BCUT2D eigenvalue weighted by Gasteiger charge is 2.12. The predicted molar refractivity (Wildman–Crippen MR) is 53.3 cm³/mol. The molecule has 0 saturated carbocycles. The summed E-state index contributed by atoms with van der Waals surface area (Å²) >= 11 is 3.20. The molecular formula is C9H13BrN2O. The first-order chi connectivity index (χ1) is 6.34. The van der Waals surface area contributed by atoms with E-state index in [1.54, 1.807) is 6.26 Å². The zero-order valence-electron chi connectivity index (χ0n) is 7.50. The minimum absolute atomic E-state index is 0.583. The van der Waals surface area contributed by atoms with Gasteiger partial charge in [0, 0.05) is 22.5 Å². The smallest absolute Gasteiger partial charge is 0.264 e. The van der Waals surface area contributed by atoms with Crippen LogP contribution in [0, 0.1) is 0 Å². The molecule has 1 aliphatic rings. The number of halogens is 1. The van der Waals surface area contributed by atoms with E-state index in [0.717, 1.165) is 12.2 Å². The molecule has 13 heavy (non-hydrogen) atoms. The van der Waals surface area contributed by atoms with Crippen LogP contribution >= 0.6 is 15.9 Å². The van der Waals surface area contributed by atoms with Gasteiger partial charge >= 0.3 is 0 Å². The van der Waals surface area contributed by atoms with Crippen molar-refractivity contribution in [3.05, 3.63) is 16.8 Å². The molecule has 0 atom stereocenters. The summed E-state index contributed by atoms with van der Waals surface area (Å²) in [4.78, 5) is 7.22. The number of hydrogen-bond donors (Lipinski definition) is 0. The molecule has 0 aromatic carbocycles. The third kappa shape index (κ3) is 2.54. The lowest BCUT2D eigenvalue weighted by Crippen LogP contribution is -2.29. The number of piperidine rings is 1. The number of hydrogen-bond acceptors (Lipinski definition) is 3. The lowest BCUT2D eigenvalue weighted by atomic mass is 10.1. The highest BCUT2D eigenvalue weighted by Crippen LogP contribution is 2.14. The molecule has 0 N–H and O–H groups in total. The quantitative estimate of drug-likeness (QED) is 0.801. The van der Waals surface area contributed by atoms with E-state index in [0.29, 0.717) is 4.80 Å². The summed E-state index contributed by atoms with van der Waals surface area (Å²) < 4.78 is 5.08. The van der Waals surface area contributed by atoms with E-state index in [4.69, 9.17) is 4.42 Å². The fourth-order valence-electron chi connectivity index (χ4n) is 1.70. The van der Waals surface area contributed by atoms with Crippen LogP contribution in [-0.2, 0) is 6.54 Å². The lowest BCUT2D eigenvalue weighted by Gasteiger charge is -2.25. The molecule has 72 valence electrons. The molecule has 1 aromatic rings. The summed E-state index contributed by atoms with van der Waals surface area (Å²) in [6.45, 7) is 3.32. The highest BCUT2D eigenvalue weighted by molar-refractivity contribution is 9.10. The summed E-state index contributed by atoms with van der Waals surface area (Å²) in [7, 11) is 0. The molecule has 0 unspecified atom stereocenters. The van der Waals surface area contributed by atoms with E-state index in [1.165, 1.54) is 32.4 Å². The van der Waals surface area contributed by atoms with Crippen molar-refractivity contribution in [1.82, 2.24) is 9.88 Å². The van der Waals surface area contributed by atoms with Gasteiger partial charge in [-0.05, 0) is 25.9 Å². The second kappa shape index (κ2) is 4.24. The number of rotatable bonds is 2. The Balaban J connectivity index is 1.89. The van der Waals surface area contributed by atoms with E-state index in [9.17, 15) is 0 Å². The van der Waals surface area contributed by atoms with Gasteiger partial charge in [0.05, 0.1) is 5.69 Å². The van der Waals surface area contributed by atoms with Crippen LogP contribution in [0.3, 0.4) is 0 Å². The predicted octanol–water partition coefficient (Wildman–Crippen LogP) is 2.42. The lowest BCUT2D eigenvalue weighted by molar-refractivity contribution is 0.218. The number of nitrogens with zero attached hydrogens (tertiary/aromatic N) is 2.